The van der Waals surface area contributed by atoms with E-state index in [0.29, 0.717) is 0 Å². The first-order valence-corrected chi connectivity index (χ1v) is 8.72. The Kier molecular flexibility index (Phi) is 4.74. The van der Waals surface area contributed by atoms with E-state index in [1.807, 2.05) is 23.1 Å². The molecule has 2 aliphatic rings. The maximum atomic E-state index is 13.2. The van der Waals surface area contributed by atoms with Gasteiger partial charge in [-0.15, -0.1) is 0 Å². The first-order chi connectivity index (χ1) is 11.0. The Morgan fingerprint density at radius 3 is 2.48 bits per heavy atom. The number of benzene rings is 1. The Morgan fingerprint density at radius 2 is 1.87 bits per heavy atom. The molecule has 126 valence electrons. The average Bonchev–Trinajstić information content (AvgIpc) is 3.00. The van der Waals surface area contributed by atoms with Crippen molar-refractivity contribution >= 4 is 5.91 Å². The van der Waals surface area contributed by atoms with Crippen LogP contribution in [0.3, 0.4) is 0 Å². The number of rotatable bonds is 3. The quantitative estimate of drug-likeness (QED) is 0.859. The summed E-state index contributed by atoms with van der Waals surface area (Å²) >= 11 is 0. The second-order valence-corrected chi connectivity index (χ2v) is 7.46. The van der Waals surface area contributed by atoms with Gasteiger partial charge in [0, 0.05) is 26.2 Å². The lowest BCUT2D eigenvalue weighted by Gasteiger charge is -2.45. The summed E-state index contributed by atoms with van der Waals surface area (Å²) in [5, 5.41) is 0. The zero-order valence-corrected chi connectivity index (χ0v) is 14.5. The first-order valence-electron chi connectivity index (χ1n) is 8.72. The minimum absolute atomic E-state index is 0.136. The van der Waals surface area contributed by atoms with E-state index in [1.54, 1.807) is 0 Å². The molecule has 0 aromatic heterocycles. The van der Waals surface area contributed by atoms with Gasteiger partial charge in [-0.2, -0.15) is 0 Å². The lowest BCUT2D eigenvalue weighted by Crippen LogP contribution is -2.55. The summed E-state index contributed by atoms with van der Waals surface area (Å²) < 4.78 is 6.03. The summed E-state index contributed by atoms with van der Waals surface area (Å²) in [6, 6.07) is 10.0. The standard InChI is InChI=1S/C19H28N2O2/c1-15-13-21(14-19(2,3)23-15)17(16-9-5-4-6-10-16)18(22)20-11-7-8-12-20/h4-6,9-10,15,17H,7-8,11-14H2,1-3H3/t15-,17-/m1/s1. The van der Waals surface area contributed by atoms with Gasteiger partial charge in [0.2, 0.25) is 5.91 Å². The number of morpholine rings is 1. The van der Waals surface area contributed by atoms with Gasteiger partial charge in [0.15, 0.2) is 0 Å². The van der Waals surface area contributed by atoms with Crippen molar-refractivity contribution in [3.05, 3.63) is 35.9 Å². The number of carbonyl (C=O) groups is 1. The van der Waals surface area contributed by atoms with Gasteiger partial charge in [-0.25, -0.2) is 0 Å². The van der Waals surface area contributed by atoms with Gasteiger partial charge in [0.1, 0.15) is 6.04 Å². The lowest BCUT2D eigenvalue weighted by atomic mass is 9.98. The molecular weight excluding hydrogens is 288 g/mol. The lowest BCUT2D eigenvalue weighted by molar-refractivity contribution is -0.155. The molecule has 3 rings (SSSR count). The number of hydrogen-bond acceptors (Lipinski definition) is 3. The van der Waals surface area contributed by atoms with E-state index in [4.69, 9.17) is 4.74 Å². The van der Waals surface area contributed by atoms with E-state index < -0.39 is 0 Å². The van der Waals surface area contributed by atoms with Crippen LogP contribution in [0.2, 0.25) is 0 Å². The van der Waals surface area contributed by atoms with Crippen LogP contribution in [0.25, 0.3) is 0 Å². The third kappa shape index (κ3) is 3.75. The molecule has 2 aliphatic heterocycles. The molecule has 2 atom stereocenters. The number of ether oxygens (including phenoxy) is 1. The van der Waals surface area contributed by atoms with Crippen molar-refractivity contribution in [3.8, 4) is 0 Å². The Bertz CT molecular complexity index is 538. The summed E-state index contributed by atoms with van der Waals surface area (Å²) in [5.41, 5.74) is 0.866. The molecule has 1 aromatic rings. The van der Waals surface area contributed by atoms with Crippen LogP contribution in [0.4, 0.5) is 0 Å². The highest BCUT2D eigenvalue weighted by molar-refractivity contribution is 5.83. The van der Waals surface area contributed by atoms with Gasteiger partial charge in [0.05, 0.1) is 11.7 Å². The van der Waals surface area contributed by atoms with Gasteiger partial charge in [-0.3, -0.25) is 9.69 Å². The van der Waals surface area contributed by atoms with Crippen LogP contribution >= 0.6 is 0 Å². The minimum atomic E-state index is -0.226. The highest BCUT2D eigenvalue weighted by Gasteiger charge is 2.39. The highest BCUT2D eigenvalue weighted by Crippen LogP contribution is 2.31. The zero-order valence-electron chi connectivity index (χ0n) is 14.5. The van der Waals surface area contributed by atoms with E-state index in [1.165, 1.54) is 0 Å². The smallest absolute Gasteiger partial charge is 0.244 e. The van der Waals surface area contributed by atoms with Gasteiger partial charge in [-0.1, -0.05) is 30.3 Å². The summed E-state index contributed by atoms with van der Waals surface area (Å²) in [4.78, 5) is 17.5. The van der Waals surface area contributed by atoms with E-state index in [0.717, 1.165) is 44.6 Å². The fourth-order valence-electron chi connectivity index (χ4n) is 3.96. The molecule has 4 heteroatoms. The second kappa shape index (κ2) is 6.62. The van der Waals surface area contributed by atoms with E-state index in [-0.39, 0.29) is 23.7 Å². The molecule has 0 saturated carbocycles. The Morgan fingerprint density at radius 1 is 1.22 bits per heavy atom. The predicted molar refractivity (Wildman–Crippen MR) is 91.2 cm³/mol. The molecule has 1 aromatic carbocycles. The van der Waals surface area contributed by atoms with Gasteiger partial charge in [0.25, 0.3) is 0 Å². The molecule has 2 heterocycles. The van der Waals surface area contributed by atoms with Crippen LogP contribution in [0, 0.1) is 0 Å². The van der Waals surface area contributed by atoms with Gasteiger partial charge < -0.3 is 9.64 Å². The molecule has 4 nitrogen and oxygen atoms in total. The normalized spacial score (nSPS) is 26.2. The molecule has 2 saturated heterocycles. The number of carbonyl (C=O) groups excluding carboxylic acids is 1. The van der Waals surface area contributed by atoms with Crippen LogP contribution in [-0.4, -0.2) is 53.6 Å². The van der Waals surface area contributed by atoms with Gasteiger partial charge >= 0.3 is 0 Å². The zero-order chi connectivity index (χ0) is 16.4. The van der Waals surface area contributed by atoms with Crippen molar-refractivity contribution in [2.75, 3.05) is 26.2 Å². The van der Waals surface area contributed by atoms with E-state index in [2.05, 4.69) is 37.8 Å². The van der Waals surface area contributed by atoms with E-state index >= 15 is 0 Å². The van der Waals surface area contributed by atoms with Crippen LogP contribution in [0.5, 0.6) is 0 Å². The molecule has 0 spiro atoms. The summed E-state index contributed by atoms with van der Waals surface area (Å²) in [6.45, 7) is 9.67. The SMILES string of the molecule is C[C@@H]1CN([C@@H](C(=O)N2CCCC2)c2ccccc2)CC(C)(C)O1. The van der Waals surface area contributed by atoms with Crippen molar-refractivity contribution < 1.29 is 9.53 Å². The maximum Gasteiger partial charge on any atom is 0.244 e. The number of hydrogen-bond donors (Lipinski definition) is 0. The molecule has 2 fully saturated rings. The predicted octanol–water partition coefficient (Wildman–Crippen LogP) is 2.85. The van der Waals surface area contributed by atoms with Crippen molar-refractivity contribution in [2.45, 2.75) is 51.4 Å². The Hall–Kier alpha value is -1.39. The number of nitrogens with zero attached hydrogens (tertiary/aromatic N) is 2. The molecule has 0 N–H and O–H groups in total. The Labute approximate surface area is 139 Å². The minimum Gasteiger partial charge on any atom is -0.370 e. The summed E-state index contributed by atoms with van der Waals surface area (Å²) in [5.74, 6) is 0.249. The second-order valence-electron chi connectivity index (χ2n) is 7.46. The molecule has 0 bridgehead atoms. The van der Waals surface area contributed by atoms with Crippen LogP contribution < -0.4 is 0 Å². The van der Waals surface area contributed by atoms with Crippen molar-refractivity contribution in [3.63, 3.8) is 0 Å². The third-order valence-corrected chi connectivity index (χ3v) is 4.73. The van der Waals surface area contributed by atoms with Crippen molar-refractivity contribution in [1.29, 1.82) is 0 Å². The largest absolute Gasteiger partial charge is 0.370 e. The molecule has 0 unspecified atom stereocenters. The van der Waals surface area contributed by atoms with Crippen molar-refractivity contribution in [2.24, 2.45) is 0 Å². The average molecular weight is 316 g/mol. The summed E-state index contributed by atoms with van der Waals surface area (Å²) in [6.07, 6.45) is 2.38. The topological polar surface area (TPSA) is 32.8 Å². The monoisotopic (exact) mass is 316 g/mol. The van der Waals surface area contributed by atoms with Gasteiger partial charge in [-0.05, 0) is 39.2 Å². The molecule has 23 heavy (non-hydrogen) atoms. The third-order valence-electron chi connectivity index (χ3n) is 4.73. The summed E-state index contributed by atoms with van der Waals surface area (Å²) in [7, 11) is 0. The molecule has 0 radical (unpaired) electrons. The Balaban J connectivity index is 1.90. The van der Waals surface area contributed by atoms with Crippen LogP contribution in [0.1, 0.15) is 45.2 Å². The molecular formula is C19H28N2O2. The maximum absolute atomic E-state index is 13.2. The van der Waals surface area contributed by atoms with Crippen LogP contribution in [-0.2, 0) is 9.53 Å². The fourth-order valence-corrected chi connectivity index (χ4v) is 3.96. The molecule has 0 aliphatic carbocycles. The highest BCUT2D eigenvalue weighted by atomic mass is 16.5. The number of likely N-dealkylation sites (tertiary alicyclic amines) is 1. The van der Waals surface area contributed by atoms with E-state index in [9.17, 15) is 4.79 Å². The van der Waals surface area contributed by atoms with Crippen LogP contribution in [0.15, 0.2) is 30.3 Å². The molecule has 1 amide bonds. The fraction of sp³-hybridized carbons (Fsp3) is 0.632. The first kappa shape index (κ1) is 16.5. The number of amides is 1. The van der Waals surface area contributed by atoms with Crippen molar-refractivity contribution in [1.82, 2.24) is 9.80 Å².